The van der Waals surface area contributed by atoms with Crippen molar-refractivity contribution in [3.8, 4) is 22.9 Å². The first-order valence-corrected chi connectivity index (χ1v) is 7.39. The highest BCUT2D eigenvalue weighted by Crippen LogP contribution is 2.28. The van der Waals surface area contributed by atoms with Crippen molar-refractivity contribution < 1.29 is 4.74 Å². The van der Waals surface area contributed by atoms with Gasteiger partial charge in [-0.25, -0.2) is 0 Å². The van der Waals surface area contributed by atoms with E-state index < -0.39 is 0 Å². The Balaban J connectivity index is 2.39. The molecule has 0 aliphatic heterocycles. The number of rotatable bonds is 6. The van der Waals surface area contributed by atoms with E-state index in [1.807, 2.05) is 24.4 Å². The fraction of sp³-hybridized carbons (Fsp3) is 0.333. The van der Waals surface area contributed by atoms with E-state index in [1.54, 1.807) is 12.3 Å². The fourth-order valence-electron chi connectivity index (χ4n) is 2.23. The maximum Gasteiger partial charge on any atom is 0.121 e. The molecule has 0 amide bonds. The van der Waals surface area contributed by atoms with Crippen molar-refractivity contribution in [2.45, 2.75) is 33.1 Å². The number of aromatic nitrogens is 1. The van der Waals surface area contributed by atoms with Crippen LogP contribution in [-0.2, 0) is 6.42 Å². The molecule has 1 aromatic carbocycles. The molecule has 0 bridgehead atoms. The van der Waals surface area contributed by atoms with Gasteiger partial charge in [0.25, 0.3) is 0 Å². The van der Waals surface area contributed by atoms with Crippen LogP contribution in [0.15, 0.2) is 36.7 Å². The smallest absolute Gasteiger partial charge is 0.121 e. The summed E-state index contributed by atoms with van der Waals surface area (Å²) in [5.74, 6) is 0.761. The second-order valence-corrected chi connectivity index (χ2v) is 4.95. The van der Waals surface area contributed by atoms with E-state index in [0.717, 1.165) is 36.1 Å². The maximum absolute atomic E-state index is 9.21. The van der Waals surface area contributed by atoms with Crippen LogP contribution in [0.4, 0.5) is 0 Å². The molecule has 0 aliphatic rings. The summed E-state index contributed by atoms with van der Waals surface area (Å²) < 4.78 is 5.76. The van der Waals surface area contributed by atoms with Gasteiger partial charge in [-0.05, 0) is 53.8 Å². The first-order chi connectivity index (χ1) is 10.3. The van der Waals surface area contributed by atoms with Crippen LogP contribution in [0.1, 0.15) is 37.8 Å². The van der Waals surface area contributed by atoms with Gasteiger partial charge in [-0.1, -0.05) is 20.3 Å². The molecule has 1 heterocycles. The Morgan fingerprint density at radius 2 is 2.10 bits per heavy atom. The monoisotopic (exact) mass is 280 g/mol. The molecule has 0 saturated heterocycles. The second-order valence-electron chi connectivity index (χ2n) is 4.95. The van der Waals surface area contributed by atoms with Crippen LogP contribution >= 0.6 is 0 Å². The van der Waals surface area contributed by atoms with Gasteiger partial charge in [0.1, 0.15) is 5.75 Å². The molecule has 2 rings (SSSR count). The third kappa shape index (κ3) is 3.82. The minimum absolute atomic E-state index is 0.623. The minimum Gasteiger partial charge on any atom is -0.494 e. The van der Waals surface area contributed by atoms with E-state index in [0.29, 0.717) is 12.2 Å². The van der Waals surface area contributed by atoms with Gasteiger partial charge in [0, 0.05) is 12.4 Å². The Labute approximate surface area is 126 Å². The van der Waals surface area contributed by atoms with Crippen LogP contribution in [0.2, 0.25) is 0 Å². The average molecular weight is 280 g/mol. The molecule has 0 atom stereocenters. The largest absolute Gasteiger partial charge is 0.494 e. The summed E-state index contributed by atoms with van der Waals surface area (Å²) in [5, 5.41) is 9.21. The molecule has 0 saturated carbocycles. The first-order valence-electron chi connectivity index (χ1n) is 7.39. The average Bonchev–Trinajstić information content (AvgIpc) is 2.54. The lowest BCUT2D eigenvalue weighted by molar-refractivity contribution is 0.309. The zero-order valence-corrected chi connectivity index (χ0v) is 12.6. The summed E-state index contributed by atoms with van der Waals surface area (Å²) in [5.41, 5.74) is 3.93. The summed E-state index contributed by atoms with van der Waals surface area (Å²) >= 11 is 0. The molecule has 0 aliphatic carbocycles. The number of hydrogen-bond acceptors (Lipinski definition) is 3. The lowest BCUT2D eigenvalue weighted by Crippen LogP contribution is -1.98. The van der Waals surface area contributed by atoms with E-state index in [2.05, 4.69) is 24.9 Å². The van der Waals surface area contributed by atoms with Crippen LogP contribution in [-0.4, -0.2) is 11.6 Å². The topological polar surface area (TPSA) is 45.9 Å². The highest BCUT2D eigenvalue weighted by molar-refractivity contribution is 5.70. The molecule has 108 valence electrons. The summed E-state index contributed by atoms with van der Waals surface area (Å²) in [7, 11) is 0. The zero-order chi connectivity index (χ0) is 15.1. The Morgan fingerprint density at radius 1 is 1.24 bits per heavy atom. The molecule has 3 nitrogen and oxygen atoms in total. The van der Waals surface area contributed by atoms with E-state index in [4.69, 9.17) is 4.74 Å². The molecule has 2 aromatic rings. The Hall–Kier alpha value is -2.34. The van der Waals surface area contributed by atoms with Gasteiger partial charge in [0.2, 0.25) is 0 Å². The summed E-state index contributed by atoms with van der Waals surface area (Å²) in [4.78, 5) is 4.17. The standard InChI is InChI=1S/C18H20N2O/c1-3-5-8-21-17-10-14(12-19)9-16(11-17)18-6-7-20-13-15(18)4-2/h6-7,9-11,13H,3-5,8H2,1-2H3. The molecular weight excluding hydrogens is 260 g/mol. The van der Waals surface area contributed by atoms with Gasteiger partial charge in [-0.2, -0.15) is 5.26 Å². The summed E-state index contributed by atoms with van der Waals surface area (Å²) in [6.07, 6.45) is 6.68. The zero-order valence-electron chi connectivity index (χ0n) is 12.6. The number of nitriles is 1. The van der Waals surface area contributed by atoms with E-state index in [1.165, 1.54) is 5.56 Å². The third-order valence-electron chi connectivity index (χ3n) is 3.40. The Morgan fingerprint density at radius 3 is 2.81 bits per heavy atom. The molecule has 0 N–H and O–H groups in total. The van der Waals surface area contributed by atoms with Crippen LogP contribution in [0.3, 0.4) is 0 Å². The lowest BCUT2D eigenvalue weighted by atomic mass is 9.98. The van der Waals surface area contributed by atoms with Crippen molar-refractivity contribution in [1.29, 1.82) is 5.26 Å². The normalized spacial score (nSPS) is 10.1. The molecule has 1 aromatic heterocycles. The van der Waals surface area contributed by atoms with E-state index in [9.17, 15) is 5.26 Å². The highest BCUT2D eigenvalue weighted by atomic mass is 16.5. The van der Waals surface area contributed by atoms with Crippen molar-refractivity contribution in [3.05, 3.63) is 47.8 Å². The minimum atomic E-state index is 0.623. The number of benzene rings is 1. The summed E-state index contributed by atoms with van der Waals surface area (Å²) in [6, 6.07) is 9.91. The van der Waals surface area contributed by atoms with Crippen molar-refractivity contribution in [2.75, 3.05) is 6.61 Å². The third-order valence-corrected chi connectivity index (χ3v) is 3.40. The molecule has 21 heavy (non-hydrogen) atoms. The van der Waals surface area contributed by atoms with E-state index >= 15 is 0 Å². The highest BCUT2D eigenvalue weighted by Gasteiger charge is 2.08. The van der Waals surface area contributed by atoms with Crippen LogP contribution in [0.5, 0.6) is 5.75 Å². The number of unbranched alkanes of at least 4 members (excludes halogenated alkanes) is 1. The molecule has 0 fully saturated rings. The first kappa shape index (κ1) is 15.1. The number of aryl methyl sites for hydroxylation is 1. The van der Waals surface area contributed by atoms with Gasteiger partial charge in [-0.15, -0.1) is 0 Å². The van der Waals surface area contributed by atoms with Crippen molar-refractivity contribution in [3.63, 3.8) is 0 Å². The Bertz CT molecular complexity index is 644. The predicted molar refractivity (Wildman–Crippen MR) is 84.2 cm³/mol. The summed E-state index contributed by atoms with van der Waals surface area (Å²) in [6.45, 7) is 4.92. The number of nitrogens with zero attached hydrogens (tertiary/aromatic N) is 2. The fourth-order valence-corrected chi connectivity index (χ4v) is 2.23. The quantitative estimate of drug-likeness (QED) is 0.738. The predicted octanol–water partition coefficient (Wildman–Crippen LogP) is 4.36. The SMILES string of the molecule is CCCCOc1cc(C#N)cc(-c2ccncc2CC)c1. The number of pyridine rings is 1. The molecule has 3 heteroatoms. The van der Waals surface area contributed by atoms with Crippen molar-refractivity contribution in [2.24, 2.45) is 0 Å². The van der Waals surface area contributed by atoms with Gasteiger partial charge in [-0.3, -0.25) is 4.98 Å². The van der Waals surface area contributed by atoms with Crippen LogP contribution in [0.25, 0.3) is 11.1 Å². The van der Waals surface area contributed by atoms with Crippen molar-refractivity contribution in [1.82, 2.24) is 4.98 Å². The molecular formula is C18H20N2O. The number of hydrogen-bond donors (Lipinski definition) is 0. The van der Waals surface area contributed by atoms with Gasteiger partial charge < -0.3 is 4.74 Å². The lowest BCUT2D eigenvalue weighted by Gasteiger charge is -2.11. The molecule has 0 radical (unpaired) electrons. The van der Waals surface area contributed by atoms with Crippen LogP contribution in [0, 0.1) is 11.3 Å². The molecule has 0 spiro atoms. The van der Waals surface area contributed by atoms with Crippen LogP contribution < -0.4 is 4.74 Å². The van der Waals surface area contributed by atoms with Gasteiger partial charge >= 0.3 is 0 Å². The molecule has 0 unspecified atom stereocenters. The van der Waals surface area contributed by atoms with E-state index in [-0.39, 0.29) is 0 Å². The van der Waals surface area contributed by atoms with Gasteiger partial charge in [0.15, 0.2) is 0 Å². The number of ether oxygens (including phenoxy) is 1. The Kier molecular flexibility index (Phi) is 5.34. The van der Waals surface area contributed by atoms with Crippen molar-refractivity contribution >= 4 is 0 Å². The second kappa shape index (κ2) is 7.44. The van der Waals surface area contributed by atoms with Gasteiger partial charge in [0.05, 0.1) is 18.2 Å². The maximum atomic E-state index is 9.21.